The average molecular weight is 626 g/mol. The minimum Gasteiger partial charge on any atom is -0.487 e. The molecule has 10 nitrogen and oxygen atoms in total. The van der Waals surface area contributed by atoms with E-state index in [9.17, 15) is 32.7 Å². The van der Waals surface area contributed by atoms with Gasteiger partial charge in [-0.1, -0.05) is 36.6 Å². The molecule has 1 aromatic heterocycles. The molecule has 1 saturated heterocycles. The number of carboxylic acids is 1. The van der Waals surface area contributed by atoms with Crippen LogP contribution in [0.3, 0.4) is 0 Å². The minimum atomic E-state index is -4.70. The number of nitrogens with zero attached hydrogens (tertiary/aromatic N) is 5. The zero-order valence-corrected chi connectivity index (χ0v) is 25.0. The molecule has 1 N–H and O–H groups in total. The number of hydrogen-bond donors (Lipinski definition) is 1. The Labute approximate surface area is 252 Å². The molecule has 2 aliphatic heterocycles. The van der Waals surface area contributed by atoms with Crippen LogP contribution < -0.4 is 4.74 Å². The van der Waals surface area contributed by atoms with Crippen LogP contribution in [-0.2, 0) is 40.6 Å². The summed E-state index contributed by atoms with van der Waals surface area (Å²) >= 11 is 6.62. The maximum atomic E-state index is 14.3. The molecule has 0 unspecified atom stereocenters. The largest absolute Gasteiger partial charge is 0.487 e. The number of rotatable bonds is 7. The summed E-state index contributed by atoms with van der Waals surface area (Å²) in [5, 5.41) is 17.7. The molecule has 3 heterocycles. The third kappa shape index (κ3) is 5.80. The maximum Gasteiger partial charge on any atom is 0.435 e. The van der Waals surface area contributed by atoms with Crippen molar-refractivity contribution in [3.63, 3.8) is 0 Å². The van der Waals surface area contributed by atoms with Gasteiger partial charge in [0.25, 0.3) is 0 Å². The second-order valence-corrected chi connectivity index (χ2v) is 12.6. The van der Waals surface area contributed by atoms with Gasteiger partial charge in [0, 0.05) is 43.7 Å². The summed E-state index contributed by atoms with van der Waals surface area (Å²) in [6.07, 6.45) is -1.80. The van der Waals surface area contributed by atoms with Gasteiger partial charge in [-0.2, -0.15) is 13.2 Å². The lowest BCUT2D eigenvalue weighted by atomic mass is 9.66. The molecule has 4 atom stereocenters. The van der Waals surface area contributed by atoms with Crippen LogP contribution in [0, 0.1) is 17.3 Å². The van der Waals surface area contributed by atoms with E-state index < -0.39 is 47.5 Å². The second-order valence-electron chi connectivity index (χ2n) is 12.2. The van der Waals surface area contributed by atoms with E-state index in [0.717, 1.165) is 13.5 Å². The lowest BCUT2D eigenvalue weighted by molar-refractivity contribution is -0.162. The monoisotopic (exact) mass is 625 g/mol. The minimum absolute atomic E-state index is 0.0704. The topological polar surface area (TPSA) is 118 Å². The normalized spacial score (nSPS) is 26.0. The number of likely N-dealkylation sites (tertiary alicyclic amines) is 1. The van der Waals surface area contributed by atoms with Gasteiger partial charge in [-0.15, -0.1) is 5.10 Å². The molecule has 2 aromatic rings. The molecule has 14 heteroatoms. The van der Waals surface area contributed by atoms with Gasteiger partial charge in [-0.05, 0) is 49.8 Å². The summed E-state index contributed by atoms with van der Waals surface area (Å²) in [5.41, 5.74) is -1.50. The van der Waals surface area contributed by atoms with E-state index in [4.69, 9.17) is 16.3 Å². The predicted octanol–water partition coefficient (Wildman–Crippen LogP) is 4.64. The van der Waals surface area contributed by atoms with E-state index in [1.807, 2.05) is 6.92 Å². The van der Waals surface area contributed by atoms with E-state index in [-0.39, 0.29) is 36.6 Å². The van der Waals surface area contributed by atoms with Crippen LogP contribution in [0.5, 0.6) is 5.75 Å². The average Bonchev–Trinajstić information content (AvgIpc) is 3.48. The van der Waals surface area contributed by atoms with Gasteiger partial charge < -0.3 is 19.6 Å². The van der Waals surface area contributed by atoms with Crippen molar-refractivity contribution < 1.29 is 37.4 Å². The van der Waals surface area contributed by atoms with Crippen LogP contribution in [0.2, 0.25) is 5.02 Å². The van der Waals surface area contributed by atoms with Gasteiger partial charge in [-0.3, -0.25) is 14.4 Å². The van der Waals surface area contributed by atoms with Crippen molar-refractivity contribution in [3.05, 3.63) is 39.7 Å². The van der Waals surface area contributed by atoms with Crippen LogP contribution in [0.1, 0.15) is 74.5 Å². The lowest BCUT2D eigenvalue weighted by Gasteiger charge is -2.45. The Kier molecular flexibility index (Phi) is 8.40. The molecular weight excluding hydrogens is 591 g/mol. The molecule has 0 radical (unpaired) electrons. The fraction of sp³-hybridized carbons (Fsp3) is 0.621. The first-order chi connectivity index (χ1) is 20.2. The van der Waals surface area contributed by atoms with Crippen LogP contribution >= 0.6 is 11.6 Å². The van der Waals surface area contributed by atoms with E-state index in [1.165, 1.54) is 0 Å². The summed E-state index contributed by atoms with van der Waals surface area (Å²) in [6.45, 7) is 3.87. The summed E-state index contributed by atoms with van der Waals surface area (Å²) in [7, 11) is 1.15. The van der Waals surface area contributed by atoms with Gasteiger partial charge in [-0.25, -0.2) is 4.68 Å². The molecule has 2 amide bonds. The smallest absolute Gasteiger partial charge is 0.435 e. The van der Waals surface area contributed by atoms with Gasteiger partial charge >= 0.3 is 12.1 Å². The highest BCUT2D eigenvalue weighted by molar-refractivity contribution is 6.31. The van der Waals surface area contributed by atoms with Crippen LogP contribution in [0.15, 0.2) is 12.1 Å². The first kappa shape index (κ1) is 31.1. The number of fused-ring (bicyclic) bond motifs is 1. The number of carboxylic acid groups (broad SMARTS) is 1. The number of carbonyl (C=O) groups is 3. The summed E-state index contributed by atoms with van der Waals surface area (Å²) < 4.78 is 47.7. The fourth-order valence-corrected chi connectivity index (χ4v) is 7.15. The highest BCUT2D eigenvalue weighted by atomic mass is 35.5. The summed E-state index contributed by atoms with van der Waals surface area (Å²) in [5.74, 6) is -1.86. The first-order valence-corrected chi connectivity index (χ1v) is 14.8. The Balaban J connectivity index is 1.55. The van der Waals surface area contributed by atoms with Crippen LogP contribution in [0.4, 0.5) is 13.2 Å². The lowest BCUT2D eigenvalue weighted by Crippen LogP contribution is -2.52. The van der Waals surface area contributed by atoms with E-state index >= 15 is 0 Å². The molecule has 2 fully saturated rings. The molecule has 0 spiro atoms. The Bertz CT molecular complexity index is 1430. The molecular formula is C29H35ClF3N5O5. The number of aryl methyl sites for hydroxylation is 1. The van der Waals surface area contributed by atoms with Gasteiger partial charge in [0.1, 0.15) is 18.1 Å². The molecule has 5 rings (SSSR count). The Morgan fingerprint density at radius 3 is 2.65 bits per heavy atom. The Morgan fingerprint density at radius 1 is 1.26 bits per heavy atom. The number of aliphatic carboxylic acids is 1. The molecule has 43 heavy (non-hydrogen) atoms. The van der Waals surface area contributed by atoms with Gasteiger partial charge in [0.2, 0.25) is 11.8 Å². The van der Waals surface area contributed by atoms with E-state index in [0.29, 0.717) is 59.5 Å². The summed E-state index contributed by atoms with van der Waals surface area (Å²) in [4.78, 5) is 42.9. The fourth-order valence-electron chi connectivity index (χ4n) is 6.89. The zero-order chi connectivity index (χ0) is 31.3. The molecule has 234 valence electrons. The predicted molar refractivity (Wildman–Crippen MR) is 148 cm³/mol. The Hall–Kier alpha value is -3.35. The quantitative estimate of drug-likeness (QED) is 0.476. The van der Waals surface area contributed by atoms with Crippen molar-refractivity contribution in [2.45, 2.75) is 71.2 Å². The SMILES string of the molecule is C[C@@H]1CC(=O)N(C[C@@H]2c3c(OCc4nnn(C)c4C(F)(F)F)ccc(Cl)c3CCN2C(=O)[C@H]2CCCC[C@]2(C)C(=O)O)C1. The number of carbonyl (C=O) groups excluding carboxylic acids is 2. The zero-order valence-electron chi connectivity index (χ0n) is 24.3. The van der Waals surface area contributed by atoms with Crippen molar-refractivity contribution in [1.82, 2.24) is 24.8 Å². The second kappa shape index (κ2) is 11.6. The molecule has 3 aliphatic rings. The Morgan fingerprint density at radius 2 is 2.00 bits per heavy atom. The van der Waals surface area contributed by atoms with Crippen molar-refractivity contribution in [2.75, 3.05) is 19.6 Å². The number of benzene rings is 1. The van der Waals surface area contributed by atoms with Crippen molar-refractivity contribution >= 4 is 29.4 Å². The van der Waals surface area contributed by atoms with Crippen molar-refractivity contribution in [3.8, 4) is 5.75 Å². The first-order valence-electron chi connectivity index (χ1n) is 14.4. The highest BCUT2D eigenvalue weighted by Gasteiger charge is 2.50. The molecule has 1 aromatic carbocycles. The molecule has 1 aliphatic carbocycles. The molecule has 1 saturated carbocycles. The number of aromatic nitrogens is 3. The van der Waals surface area contributed by atoms with Crippen molar-refractivity contribution in [2.24, 2.45) is 24.3 Å². The summed E-state index contributed by atoms with van der Waals surface area (Å²) in [6, 6.07) is 2.39. The van der Waals surface area contributed by atoms with Crippen molar-refractivity contribution in [1.29, 1.82) is 0 Å². The van der Waals surface area contributed by atoms with Crippen LogP contribution in [0.25, 0.3) is 0 Å². The molecule has 0 bridgehead atoms. The third-order valence-corrected chi connectivity index (χ3v) is 9.53. The van der Waals surface area contributed by atoms with Gasteiger partial charge in [0.05, 0.1) is 17.4 Å². The number of amides is 2. The number of ether oxygens (including phenoxy) is 1. The number of halogens is 4. The number of hydrogen-bond acceptors (Lipinski definition) is 6. The van der Waals surface area contributed by atoms with E-state index in [2.05, 4.69) is 10.3 Å². The highest BCUT2D eigenvalue weighted by Crippen LogP contribution is 2.47. The van der Waals surface area contributed by atoms with E-state index in [1.54, 1.807) is 28.9 Å². The maximum absolute atomic E-state index is 14.3. The number of alkyl halides is 3. The van der Waals surface area contributed by atoms with Gasteiger partial charge in [0.15, 0.2) is 5.69 Å². The third-order valence-electron chi connectivity index (χ3n) is 9.18. The standard InChI is InChI=1S/C29H35ClF3N5O5/c1-16-12-23(39)37(13-16)14-21-24-17(9-11-38(21)26(40)18-6-4-5-10-28(18,2)27(41)42)19(30)7-8-22(24)43-15-20-25(29(31,32)33)36(3)35-34-20/h7-8,16,18,21H,4-6,9-15H2,1-3H3,(H,41,42)/t16-,18-,21-,28+/m1/s1. The van der Waals surface area contributed by atoms with Crippen LogP contribution in [-0.4, -0.2) is 67.3 Å².